The molecule has 0 saturated carbocycles. The van der Waals surface area contributed by atoms with Crippen LogP contribution in [0.4, 0.5) is 0 Å². The van der Waals surface area contributed by atoms with Crippen molar-refractivity contribution in [3.63, 3.8) is 0 Å². The minimum absolute atomic E-state index is 0.601. The number of hydrogen-bond acceptors (Lipinski definition) is 5. The lowest BCUT2D eigenvalue weighted by Crippen LogP contribution is -2.25. The van der Waals surface area contributed by atoms with E-state index in [1.165, 1.54) is 0 Å². The van der Waals surface area contributed by atoms with Crippen molar-refractivity contribution in [1.29, 1.82) is 0 Å². The average molecular weight is 769 g/mol. The number of nitrogens with zero attached hydrogens (tertiary/aromatic N) is 4. The van der Waals surface area contributed by atoms with Gasteiger partial charge in [0.2, 0.25) is 0 Å². The van der Waals surface area contributed by atoms with E-state index in [1.54, 1.807) is 6.26 Å². The first-order valence-electron chi connectivity index (χ1n) is 20.1. The SMILES string of the molecule is C1=C/C=C/C2(c3ccccc3OC=C1)c1cc(-c3nc(-c4ccccc4)nc(-c4ccccc4)n3)ccc1-c1ccc(-c3ccc(-c4ccccc4)c4cccnc34)cc12. The molecule has 60 heavy (non-hydrogen) atoms. The van der Waals surface area contributed by atoms with Gasteiger partial charge in [0.1, 0.15) is 5.75 Å². The van der Waals surface area contributed by atoms with Gasteiger partial charge >= 0.3 is 0 Å². The Labute approximate surface area is 348 Å². The topological polar surface area (TPSA) is 60.8 Å². The van der Waals surface area contributed by atoms with Crippen LogP contribution in [-0.4, -0.2) is 19.9 Å². The number of fused-ring (bicyclic) bond motifs is 8. The van der Waals surface area contributed by atoms with Crippen molar-refractivity contribution in [2.75, 3.05) is 0 Å². The highest BCUT2D eigenvalue weighted by molar-refractivity contribution is 6.03. The molecule has 2 aliphatic rings. The van der Waals surface area contributed by atoms with Crippen LogP contribution in [0.5, 0.6) is 5.75 Å². The summed E-state index contributed by atoms with van der Waals surface area (Å²) in [6.07, 6.45) is 14.1. The summed E-state index contributed by atoms with van der Waals surface area (Å²) in [6.45, 7) is 0. The molecule has 1 unspecified atom stereocenters. The molecule has 7 aromatic carbocycles. The van der Waals surface area contributed by atoms with Crippen molar-refractivity contribution in [1.82, 2.24) is 19.9 Å². The zero-order valence-electron chi connectivity index (χ0n) is 32.5. The lowest BCUT2D eigenvalue weighted by Gasteiger charge is -2.32. The third-order valence-corrected chi connectivity index (χ3v) is 11.6. The van der Waals surface area contributed by atoms with Crippen molar-refractivity contribution in [3.8, 4) is 73.3 Å². The fraction of sp³-hybridized carbons (Fsp3) is 0.0182. The molecule has 11 rings (SSSR count). The fourth-order valence-electron chi connectivity index (χ4n) is 8.82. The first-order valence-corrected chi connectivity index (χ1v) is 20.1. The molecule has 5 heteroatoms. The summed E-state index contributed by atoms with van der Waals surface area (Å²) >= 11 is 0. The fourth-order valence-corrected chi connectivity index (χ4v) is 8.82. The molecule has 0 saturated heterocycles. The van der Waals surface area contributed by atoms with Gasteiger partial charge < -0.3 is 4.74 Å². The van der Waals surface area contributed by atoms with E-state index in [-0.39, 0.29) is 0 Å². The third kappa shape index (κ3) is 5.95. The zero-order valence-corrected chi connectivity index (χ0v) is 32.5. The Bertz CT molecular complexity index is 3120. The van der Waals surface area contributed by atoms with Crippen molar-refractivity contribution in [3.05, 3.63) is 235 Å². The first-order chi connectivity index (χ1) is 29.7. The number of aromatic nitrogens is 4. The molecule has 1 aliphatic carbocycles. The lowest BCUT2D eigenvalue weighted by atomic mass is 9.71. The van der Waals surface area contributed by atoms with Crippen LogP contribution in [0.2, 0.25) is 0 Å². The number of pyridine rings is 1. The zero-order chi connectivity index (χ0) is 39.9. The van der Waals surface area contributed by atoms with Crippen LogP contribution in [0.15, 0.2) is 219 Å². The second-order valence-electron chi connectivity index (χ2n) is 15.0. The molecular weight excluding hydrogens is 733 g/mol. The van der Waals surface area contributed by atoms with Gasteiger partial charge in [0.05, 0.1) is 17.2 Å². The van der Waals surface area contributed by atoms with Crippen molar-refractivity contribution >= 4 is 10.9 Å². The Morgan fingerprint density at radius 3 is 1.63 bits per heavy atom. The van der Waals surface area contributed by atoms with Gasteiger partial charge in [-0.3, -0.25) is 4.98 Å². The Balaban J connectivity index is 1.15. The maximum atomic E-state index is 6.44. The maximum Gasteiger partial charge on any atom is 0.164 e. The highest BCUT2D eigenvalue weighted by Gasteiger charge is 2.45. The molecular formula is C55H36N4O. The molecule has 0 radical (unpaired) electrons. The highest BCUT2D eigenvalue weighted by atomic mass is 16.5. The van der Waals surface area contributed by atoms with Gasteiger partial charge in [-0.15, -0.1) is 0 Å². The van der Waals surface area contributed by atoms with E-state index in [9.17, 15) is 0 Å². The second-order valence-corrected chi connectivity index (χ2v) is 15.0. The minimum Gasteiger partial charge on any atom is -0.465 e. The number of hydrogen-bond donors (Lipinski definition) is 0. The average Bonchev–Trinajstić information content (AvgIpc) is 3.60. The van der Waals surface area contributed by atoms with Crippen LogP contribution in [0, 0.1) is 0 Å². The number of allylic oxidation sites excluding steroid dienone is 5. The van der Waals surface area contributed by atoms with Gasteiger partial charge in [0, 0.05) is 39.4 Å². The number of rotatable bonds is 5. The molecule has 9 aromatic rings. The predicted molar refractivity (Wildman–Crippen MR) is 242 cm³/mol. The Morgan fingerprint density at radius 2 is 0.933 bits per heavy atom. The van der Waals surface area contributed by atoms with Crippen LogP contribution < -0.4 is 4.74 Å². The van der Waals surface area contributed by atoms with Crippen molar-refractivity contribution in [2.45, 2.75) is 5.41 Å². The van der Waals surface area contributed by atoms with Crippen LogP contribution >= 0.6 is 0 Å². The molecule has 1 spiro atoms. The minimum atomic E-state index is -0.756. The summed E-state index contributed by atoms with van der Waals surface area (Å²) in [5, 5.41) is 1.11. The van der Waals surface area contributed by atoms with E-state index in [2.05, 4.69) is 121 Å². The first kappa shape index (κ1) is 35.2. The molecule has 0 fully saturated rings. The predicted octanol–water partition coefficient (Wildman–Crippen LogP) is 13.1. The molecule has 1 aliphatic heterocycles. The van der Waals surface area contributed by atoms with E-state index in [0.717, 1.165) is 83.4 Å². The molecule has 1 atom stereocenters. The van der Waals surface area contributed by atoms with Crippen LogP contribution in [-0.2, 0) is 5.41 Å². The summed E-state index contributed by atoms with van der Waals surface area (Å²) in [6, 6.07) is 61.2. The Kier molecular flexibility index (Phi) is 8.63. The summed E-state index contributed by atoms with van der Waals surface area (Å²) in [7, 11) is 0. The van der Waals surface area contributed by atoms with E-state index >= 15 is 0 Å². The van der Waals surface area contributed by atoms with E-state index in [1.807, 2.05) is 91.1 Å². The van der Waals surface area contributed by atoms with Gasteiger partial charge in [-0.1, -0.05) is 176 Å². The smallest absolute Gasteiger partial charge is 0.164 e. The second kappa shape index (κ2) is 14.7. The summed E-state index contributed by atoms with van der Waals surface area (Å²) < 4.78 is 6.44. The number of ether oxygens (including phenoxy) is 1. The third-order valence-electron chi connectivity index (χ3n) is 11.6. The maximum absolute atomic E-state index is 6.44. The molecule has 3 heterocycles. The number of para-hydroxylation sites is 1. The van der Waals surface area contributed by atoms with E-state index in [0.29, 0.717) is 17.5 Å². The molecule has 282 valence electrons. The summed E-state index contributed by atoms with van der Waals surface area (Å²) in [5.74, 6) is 2.62. The van der Waals surface area contributed by atoms with Gasteiger partial charge in [0.25, 0.3) is 0 Å². The van der Waals surface area contributed by atoms with Crippen LogP contribution in [0.1, 0.15) is 16.7 Å². The Hall–Kier alpha value is -8.02. The quantitative estimate of drug-likeness (QED) is 0.174. The standard InChI is InChI=1S/C55H36N4O/c1-2-15-34-60-50-25-13-12-24-47(50)55(32-14-1)48-35-40(43-31-30-42(37-17-6-3-7-18-37)46-23-16-33-56-51(43)46)26-28-44(48)45-29-27-41(36-49(45)55)54-58-52(38-19-8-4-9-20-38)57-53(59-54)39-21-10-5-11-22-39/h1-36H/b2-1?,32-14+,34-15?. The number of benzene rings is 7. The van der Waals surface area contributed by atoms with Gasteiger partial charge in [-0.25, -0.2) is 15.0 Å². The van der Waals surface area contributed by atoms with E-state index in [4.69, 9.17) is 24.7 Å². The highest BCUT2D eigenvalue weighted by Crippen LogP contribution is 2.57. The summed E-state index contributed by atoms with van der Waals surface area (Å²) in [5.41, 5.74) is 13.0. The monoisotopic (exact) mass is 768 g/mol. The van der Waals surface area contributed by atoms with Gasteiger partial charge in [-0.05, 0) is 69.3 Å². The molecule has 0 bridgehead atoms. The molecule has 0 N–H and O–H groups in total. The van der Waals surface area contributed by atoms with Gasteiger partial charge in [-0.2, -0.15) is 0 Å². The largest absolute Gasteiger partial charge is 0.465 e. The van der Waals surface area contributed by atoms with Crippen LogP contribution in [0.25, 0.3) is 78.4 Å². The molecule has 2 aromatic heterocycles. The Morgan fingerprint density at radius 1 is 0.383 bits per heavy atom. The normalized spacial score (nSPS) is 15.5. The molecule has 5 nitrogen and oxygen atoms in total. The lowest BCUT2D eigenvalue weighted by molar-refractivity contribution is 0.469. The van der Waals surface area contributed by atoms with Gasteiger partial charge in [0.15, 0.2) is 17.5 Å². The van der Waals surface area contributed by atoms with Crippen molar-refractivity contribution in [2.24, 2.45) is 0 Å². The van der Waals surface area contributed by atoms with Crippen molar-refractivity contribution < 1.29 is 4.74 Å². The van der Waals surface area contributed by atoms with E-state index < -0.39 is 5.41 Å². The van der Waals surface area contributed by atoms with Crippen LogP contribution in [0.3, 0.4) is 0 Å². The molecule has 0 amide bonds. The summed E-state index contributed by atoms with van der Waals surface area (Å²) in [4.78, 5) is 20.2.